The number of carbonyl (C=O) groups is 1. The van der Waals surface area contributed by atoms with Crippen LogP contribution in [-0.4, -0.2) is 36.1 Å². The molecule has 0 atom stereocenters. The summed E-state index contributed by atoms with van der Waals surface area (Å²) in [5, 5.41) is 0. The van der Waals surface area contributed by atoms with Gasteiger partial charge in [0, 0.05) is 12.5 Å². The molecule has 0 aromatic carbocycles. The minimum absolute atomic E-state index is 0.0292. The number of carbonyl (C=O) groups excluding carboxylic acids is 1. The summed E-state index contributed by atoms with van der Waals surface area (Å²) in [7, 11) is 0. The van der Waals surface area contributed by atoms with E-state index >= 15 is 0 Å². The van der Waals surface area contributed by atoms with Gasteiger partial charge in [-0.3, -0.25) is 4.79 Å². The Morgan fingerprint density at radius 3 is 2.54 bits per heavy atom. The van der Waals surface area contributed by atoms with Gasteiger partial charge in [0.1, 0.15) is 0 Å². The number of nitrogens with zero attached hydrogens (tertiary/aromatic N) is 1. The molecular formula is C9H15FN2O. The number of amides is 1. The maximum Gasteiger partial charge on any atom is 0.225 e. The van der Waals surface area contributed by atoms with E-state index in [1.165, 1.54) is 0 Å². The Labute approximate surface area is 77.1 Å². The predicted molar refractivity (Wildman–Crippen MR) is 46.8 cm³/mol. The van der Waals surface area contributed by atoms with Crippen LogP contribution >= 0.6 is 0 Å². The molecule has 2 fully saturated rings. The molecule has 0 aromatic heterocycles. The quantitative estimate of drug-likeness (QED) is 0.674. The summed E-state index contributed by atoms with van der Waals surface area (Å²) in [6.45, 7) is 0.444. The molecule has 0 aromatic rings. The van der Waals surface area contributed by atoms with Gasteiger partial charge in [0.25, 0.3) is 0 Å². The van der Waals surface area contributed by atoms with E-state index in [1.54, 1.807) is 4.90 Å². The van der Waals surface area contributed by atoms with E-state index in [2.05, 4.69) is 0 Å². The van der Waals surface area contributed by atoms with Crippen LogP contribution in [-0.2, 0) is 4.79 Å². The Bertz CT molecular complexity index is 222. The average molecular weight is 186 g/mol. The molecule has 1 aliphatic heterocycles. The lowest BCUT2D eigenvalue weighted by atomic mass is 9.82. The summed E-state index contributed by atoms with van der Waals surface area (Å²) in [6.07, 6.45) is 3.11. The van der Waals surface area contributed by atoms with Crippen LogP contribution in [0.25, 0.3) is 0 Å². The Hall–Kier alpha value is -0.640. The molecule has 13 heavy (non-hydrogen) atoms. The van der Waals surface area contributed by atoms with Crippen molar-refractivity contribution in [3.05, 3.63) is 0 Å². The van der Waals surface area contributed by atoms with Crippen molar-refractivity contribution >= 4 is 5.91 Å². The first-order valence-corrected chi connectivity index (χ1v) is 4.82. The SMILES string of the molecule is NCC1(F)CN(C(=O)C2CCC2)C1. The molecule has 2 aliphatic rings. The summed E-state index contributed by atoms with van der Waals surface area (Å²) in [5.74, 6) is 0.315. The van der Waals surface area contributed by atoms with Crippen LogP contribution < -0.4 is 5.73 Å². The molecule has 0 bridgehead atoms. The monoisotopic (exact) mass is 186 g/mol. The fourth-order valence-corrected chi connectivity index (χ4v) is 1.84. The van der Waals surface area contributed by atoms with Gasteiger partial charge >= 0.3 is 0 Å². The van der Waals surface area contributed by atoms with Crippen LogP contribution in [0, 0.1) is 5.92 Å². The molecule has 1 saturated heterocycles. The molecule has 0 radical (unpaired) electrons. The first-order chi connectivity index (χ1) is 6.14. The molecule has 74 valence electrons. The summed E-state index contributed by atoms with van der Waals surface area (Å²) in [6, 6.07) is 0. The summed E-state index contributed by atoms with van der Waals surface area (Å²) < 4.78 is 13.3. The zero-order chi connectivity index (χ0) is 9.47. The average Bonchev–Trinajstić information content (AvgIpc) is 1.95. The van der Waals surface area contributed by atoms with E-state index in [0.717, 1.165) is 19.3 Å². The van der Waals surface area contributed by atoms with Crippen molar-refractivity contribution in [1.29, 1.82) is 0 Å². The first kappa shape index (κ1) is 8.94. The van der Waals surface area contributed by atoms with Crippen molar-refractivity contribution < 1.29 is 9.18 Å². The lowest BCUT2D eigenvalue weighted by Gasteiger charge is -2.46. The molecule has 4 heteroatoms. The molecule has 1 amide bonds. The number of nitrogens with two attached hydrogens (primary N) is 1. The Balaban J connectivity index is 1.82. The van der Waals surface area contributed by atoms with E-state index < -0.39 is 5.67 Å². The van der Waals surface area contributed by atoms with E-state index in [-0.39, 0.29) is 31.5 Å². The molecular weight excluding hydrogens is 171 g/mol. The van der Waals surface area contributed by atoms with Crippen molar-refractivity contribution in [3.8, 4) is 0 Å². The number of halogens is 1. The highest BCUT2D eigenvalue weighted by Gasteiger charge is 2.46. The maximum atomic E-state index is 13.3. The smallest absolute Gasteiger partial charge is 0.225 e. The van der Waals surface area contributed by atoms with Crippen molar-refractivity contribution in [2.75, 3.05) is 19.6 Å². The lowest BCUT2D eigenvalue weighted by molar-refractivity contribution is -0.151. The van der Waals surface area contributed by atoms with Crippen LogP contribution in [0.2, 0.25) is 0 Å². The minimum atomic E-state index is -1.29. The van der Waals surface area contributed by atoms with E-state index in [4.69, 9.17) is 5.73 Å². The van der Waals surface area contributed by atoms with Gasteiger partial charge in [0.2, 0.25) is 5.91 Å². The second-order valence-electron chi connectivity index (χ2n) is 4.18. The van der Waals surface area contributed by atoms with E-state index in [9.17, 15) is 9.18 Å². The van der Waals surface area contributed by atoms with Crippen molar-refractivity contribution in [3.63, 3.8) is 0 Å². The first-order valence-electron chi connectivity index (χ1n) is 4.82. The second-order valence-corrected chi connectivity index (χ2v) is 4.18. The Morgan fingerprint density at radius 2 is 2.15 bits per heavy atom. The third kappa shape index (κ3) is 1.43. The molecule has 1 saturated carbocycles. The third-order valence-electron chi connectivity index (χ3n) is 3.08. The molecule has 1 aliphatic carbocycles. The van der Waals surface area contributed by atoms with E-state index in [1.807, 2.05) is 0 Å². The van der Waals surface area contributed by atoms with Gasteiger partial charge in [-0.1, -0.05) is 6.42 Å². The zero-order valence-electron chi connectivity index (χ0n) is 7.63. The standard InChI is InChI=1S/C9H15FN2O/c10-9(4-11)5-12(6-9)8(13)7-2-1-3-7/h7H,1-6,11H2. The van der Waals surface area contributed by atoms with Gasteiger partial charge in [0.05, 0.1) is 13.1 Å². The van der Waals surface area contributed by atoms with Gasteiger partial charge in [0.15, 0.2) is 5.67 Å². The Morgan fingerprint density at radius 1 is 1.54 bits per heavy atom. The highest BCUT2D eigenvalue weighted by atomic mass is 19.1. The number of hydrogen-bond donors (Lipinski definition) is 1. The number of hydrogen-bond acceptors (Lipinski definition) is 2. The fraction of sp³-hybridized carbons (Fsp3) is 0.889. The molecule has 3 nitrogen and oxygen atoms in total. The van der Waals surface area contributed by atoms with Gasteiger partial charge in [-0.15, -0.1) is 0 Å². The van der Waals surface area contributed by atoms with Crippen LogP contribution in [0.4, 0.5) is 4.39 Å². The van der Waals surface area contributed by atoms with Gasteiger partial charge in [-0.05, 0) is 12.8 Å². The molecule has 1 heterocycles. The maximum absolute atomic E-state index is 13.3. The third-order valence-corrected chi connectivity index (χ3v) is 3.08. The number of alkyl halides is 1. The predicted octanol–water partition coefficient (Wildman–Crippen LogP) is 0.296. The zero-order valence-corrected chi connectivity index (χ0v) is 7.63. The Kier molecular flexibility index (Phi) is 2.02. The van der Waals surface area contributed by atoms with Crippen molar-refractivity contribution in [2.45, 2.75) is 24.9 Å². The van der Waals surface area contributed by atoms with Crippen LogP contribution in [0.15, 0.2) is 0 Å². The topological polar surface area (TPSA) is 46.3 Å². The van der Waals surface area contributed by atoms with Crippen LogP contribution in [0.5, 0.6) is 0 Å². The normalized spacial score (nSPS) is 26.5. The van der Waals surface area contributed by atoms with E-state index in [0.29, 0.717) is 0 Å². The highest BCUT2D eigenvalue weighted by molar-refractivity contribution is 5.80. The molecule has 0 unspecified atom stereocenters. The number of rotatable bonds is 2. The molecule has 2 N–H and O–H groups in total. The second kappa shape index (κ2) is 2.94. The summed E-state index contributed by atoms with van der Waals surface area (Å²) in [4.78, 5) is 13.1. The highest BCUT2D eigenvalue weighted by Crippen LogP contribution is 2.32. The minimum Gasteiger partial charge on any atom is -0.336 e. The summed E-state index contributed by atoms with van der Waals surface area (Å²) >= 11 is 0. The van der Waals surface area contributed by atoms with Crippen molar-refractivity contribution in [2.24, 2.45) is 11.7 Å². The largest absolute Gasteiger partial charge is 0.336 e. The van der Waals surface area contributed by atoms with Gasteiger partial charge in [-0.2, -0.15) is 0 Å². The van der Waals surface area contributed by atoms with Crippen LogP contribution in [0.3, 0.4) is 0 Å². The molecule has 2 rings (SSSR count). The van der Waals surface area contributed by atoms with Crippen molar-refractivity contribution in [1.82, 2.24) is 4.90 Å². The number of likely N-dealkylation sites (tertiary alicyclic amines) is 1. The van der Waals surface area contributed by atoms with Crippen LogP contribution in [0.1, 0.15) is 19.3 Å². The van der Waals surface area contributed by atoms with Gasteiger partial charge in [-0.25, -0.2) is 4.39 Å². The molecule has 0 spiro atoms. The fourth-order valence-electron chi connectivity index (χ4n) is 1.84. The lowest BCUT2D eigenvalue weighted by Crippen LogP contribution is -2.65. The summed E-state index contributed by atoms with van der Waals surface area (Å²) in [5.41, 5.74) is 3.95. The van der Waals surface area contributed by atoms with Gasteiger partial charge < -0.3 is 10.6 Å².